The van der Waals surface area contributed by atoms with E-state index in [9.17, 15) is 4.79 Å². The summed E-state index contributed by atoms with van der Waals surface area (Å²) in [5.74, 6) is 0. The van der Waals surface area contributed by atoms with Gasteiger partial charge in [-0.1, -0.05) is 23.7 Å². The van der Waals surface area contributed by atoms with E-state index in [0.717, 1.165) is 16.6 Å². The Morgan fingerprint density at radius 1 is 1.47 bits per heavy atom. The van der Waals surface area contributed by atoms with Gasteiger partial charge in [-0.2, -0.15) is 0 Å². The van der Waals surface area contributed by atoms with Crippen LogP contribution < -0.4 is 10.9 Å². The number of nitrogens with zero attached hydrogens (tertiary/aromatic N) is 1. The lowest BCUT2D eigenvalue weighted by Gasteiger charge is -2.35. The average molecular weight is 278 g/mol. The number of ether oxygens (including phenoxy) is 1. The van der Waals surface area contributed by atoms with Crippen LogP contribution in [0.25, 0.3) is 10.1 Å². The SMILES string of the molecule is CC1(C)COC(Cn2sc3ccccc3c2=O)CN1. The molecule has 1 saturated heterocycles. The first kappa shape index (κ1) is 12.8. The molecule has 1 aliphatic rings. The molecule has 1 atom stereocenters. The largest absolute Gasteiger partial charge is 0.373 e. The summed E-state index contributed by atoms with van der Waals surface area (Å²) in [5.41, 5.74) is 0.121. The summed E-state index contributed by atoms with van der Waals surface area (Å²) in [4.78, 5) is 12.2. The fourth-order valence-electron chi connectivity index (χ4n) is 2.27. The third kappa shape index (κ3) is 2.59. The van der Waals surface area contributed by atoms with Crippen LogP contribution in [0.15, 0.2) is 29.1 Å². The lowest BCUT2D eigenvalue weighted by molar-refractivity contribution is -0.0281. The molecule has 1 fully saturated rings. The zero-order valence-electron chi connectivity index (χ0n) is 11.2. The first-order valence-electron chi connectivity index (χ1n) is 6.51. The molecule has 0 bridgehead atoms. The fraction of sp³-hybridized carbons (Fsp3) is 0.500. The zero-order valence-corrected chi connectivity index (χ0v) is 12.0. The number of morpholine rings is 1. The zero-order chi connectivity index (χ0) is 13.5. The van der Waals surface area contributed by atoms with E-state index in [4.69, 9.17) is 4.74 Å². The Morgan fingerprint density at radius 2 is 2.26 bits per heavy atom. The topological polar surface area (TPSA) is 43.3 Å². The standard InChI is InChI=1S/C14H18N2O2S/c1-14(2)9-18-10(7-15-14)8-16-13(17)11-5-3-4-6-12(11)19-16/h3-6,10,15H,7-9H2,1-2H3. The van der Waals surface area contributed by atoms with Crippen molar-refractivity contribution in [3.63, 3.8) is 0 Å². The summed E-state index contributed by atoms with van der Waals surface area (Å²) in [5, 5.41) is 4.25. The Bertz CT molecular complexity index is 634. The molecule has 0 saturated carbocycles. The van der Waals surface area contributed by atoms with Gasteiger partial charge in [0.25, 0.3) is 5.56 Å². The van der Waals surface area contributed by atoms with Crippen LogP contribution in [-0.4, -0.2) is 28.8 Å². The van der Waals surface area contributed by atoms with Gasteiger partial charge in [-0.05, 0) is 26.0 Å². The Morgan fingerprint density at radius 3 is 2.95 bits per heavy atom. The number of benzene rings is 1. The van der Waals surface area contributed by atoms with Crippen molar-refractivity contribution in [3.8, 4) is 0 Å². The summed E-state index contributed by atoms with van der Waals surface area (Å²) in [6, 6.07) is 7.74. The van der Waals surface area contributed by atoms with E-state index in [1.807, 2.05) is 24.3 Å². The van der Waals surface area contributed by atoms with Gasteiger partial charge in [0.05, 0.1) is 29.3 Å². The maximum atomic E-state index is 12.2. The molecule has 1 aliphatic heterocycles. The number of hydrogen-bond donors (Lipinski definition) is 1. The van der Waals surface area contributed by atoms with Crippen LogP contribution in [0.5, 0.6) is 0 Å². The molecular formula is C14H18N2O2S. The number of aromatic nitrogens is 1. The van der Waals surface area contributed by atoms with E-state index in [1.54, 1.807) is 3.96 Å². The van der Waals surface area contributed by atoms with Crippen molar-refractivity contribution in [1.29, 1.82) is 0 Å². The summed E-state index contributed by atoms with van der Waals surface area (Å²) < 4.78 is 8.67. The Labute approximate surface area is 116 Å². The van der Waals surface area contributed by atoms with Gasteiger partial charge in [-0.25, -0.2) is 0 Å². The minimum Gasteiger partial charge on any atom is -0.373 e. The molecule has 0 aliphatic carbocycles. The molecule has 4 nitrogen and oxygen atoms in total. The Hall–Kier alpha value is -1.17. The second-order valence-corrected chi connectivity index (χ2v) is 6.71. The second-order valence-electron chi connectivity index (χ2n) is 5.65. The normalized spacial score (nSPS) is 22.7. The Balaban J connectivity index is 1.79. The molecule has 3 rings (SSSR count). The van der Waals surface area contributed by atoms with E-state index < -0.39 is 0 Å². The van der Waals surface area contributed by atoms with E-state index in [2.05, 4.69) is 19.2 Å². The van der Waals surface area contributed by atoms with E-state index in [1.165, 1.54) is 11.5 Å². The van der Waals surface area contributed by atoms with Crippen LogP contribution in [0.4, 0.5) is 0 Å². The first-order chi connectivity index (χ1) is 9.05. The van der Waals surface area contributed by atoms with Gasteiger partial charge in [-0.15, -0.1) is 0 Å². The predicted octanol–water partition coefficient (Wildman–Crippen LogP) is 1.83. The van der Waals surface area contributed by atoms with Gasteiger partial charge < -0.3 is 10.1 Å². The lowest BCUT2D eigenvalue weighted by atomic mass is 10.0. The Kier molecular flexibility index (Phi) is 3.20. The minimum absolute atomic E-state index is 0.0294. The van der Waals surface area contributed by atoms with Crippen LogP contribution in [0, 0.1) is 0 Å². The van der Waals surface area contributed by atoms with Gasteiger partial charge in [0.2, 0.25) is 0 Å². The van der Waals surface area contributed by atoms with Crippen molar-refractivity contribution in [2.24, 2.45) is 0 Å². The molecule has 1 N–H and O–H groups in total. The van der Waals surface area contributed by atoms with E-state index in [-0.39, 0.29) is 17.2 Å². The van der Waals surface area contributed by atoms with Gasteiger partial charge in [0.15, 0.2) is 0 Å². The van der Waals surface area contributed by atoms with Crippen molar-refractivity contribution in [2.75, 3.05) is 13.2 Å². The van der Waals surface area contributed by atoms with E-state index in [0.29, 0.717) is 13.2 Å². The molecule has 5 heteroatoms. The molecular weight excluding hydrogens is 260 g/mol. The molecule has 0 amide bonds. The van der Waals surface area contributed by atoms with Crippen molar-refractivity contribution >= 4 is 21.6 Å². The number of hydrogen-bond acceptors (Lipinski definition) is 4. The molecule has 2 aromatic rings. The number of nitrogens with one attached hydrogen (secondary N) is 1. The minimum atomic E-state index is 0.0294. The summed E-state index contributed by atoms with van der Waals surface area (Å²) in [6.07, 6.45) is 0.0683. The van der Waals surface area contributed by atoms with Crippen LogP contribution in [-0.2, 0) is 11.3 Å². The highest BCUT2D eigenvalue weighted by Crippen LogP contribution is 2.18. The average Bonchev–Trinajstić information content (AvgIpc) is 2.70. The third-order valence-corrected chi connectivity index (χ3v) is 4.50. The molecule has 2 heterocycles. The third-order valence-electron chi connectivity index (χ3n) is 3.41. The highest BCUT2D eigenvalue weighted by Gasteiger charge is 2.27. The van der Waals surface area contributed by atoms with Crippen molar-refractivity contribution in [2.45, 2.75) is 32.0 Å². The summed E-state index contributed by atoms with van der Waals surface area (Å²) >= 11 is 1.51. The predicted molar refractivity (Wildman–Crippen MR) is 77.9 cm³/mol. The van der Waals surface area contributed by atoms with Crippen LogP contribution in [0.2, 0.25) is 0 Å². The fourth-order valence-corrected chi connectivity index (χ4v) is 3.32. The summed E-state index contributed by atoms with van der Waals surface area (Å²) in [6.45, 7) is 6.33. The quantitative estimate of drug-likeness (QED) is 0.911. The second kappa shape index (κ2) is 4.74. The molecule has 19 heavy (non-hydrogen) atoms. The molecule has 102 valence electrons. The van der Waals surface area contributed by atoms with Crippen molar-refractivity contribution in [3.05, 3.63) is 34.6 Å². The van der Waals surface area contributed by atoms with Gasteiger partial charge >= 0.3 is 0 Å². The van der Waals surface area contributed by atoms with Crippen LogP contribution >= 0.6 is 11.5 Å². The molecule has 1 aromatic carbocycles. The molecule has 1 aromatic heterocycles. The van der Waals surface area contributed by atoms with Crippen LogP contribution in [0.1, 0.15) is 13.8 Å². The number of fused-ring (bicyclic) bond motifs is 1. The highest BCUT2D eigenvalue weighted by atomic mass is 32.1. The number of rotatable bonds is 2. The molecule has 0 radical (unpaired) electrons. The molecule has 0 spiro atoms. The highest BCUT2D eigenvalue weighted by molar-refractivity contribution is 7.13. The smallest absolute Gasteiger partial charge is 0.268 e. The van der Waals surface area contributed by atoms with Gasteiger partial charge in [0.1, 0.15) is 0 Å². The lowest BCUT2D eigenvalue weighted by Crippen LogP contribution is -2.54. The first-order valence-corrected chi connectivity index (χ1v) is 7.28. The van der Waals surface area contributed by atoms with Gasteiger partial charge in [-0.3, -0.25) is 8.75 Å². The monoisotopic (exact) mass is 278 g/mol. The van der Waals surface area contributed by atoms with E-state index >= 15 is 0 Å². The molecule has 1 unspecified atom stereocenters. The van der Waals surface area contributed by atoms with Crippen LogP contribution in [0.3, 0.4) is 0 Å². The maximum Gasteiger partial charge on any atom is 0.268 e. The maximum absolute atomic E-state index is 12.2. The van der Waals surface area contributed by atoms with Gasteiger partial charge in [0, 0.05) is 12.1 Å². The van der Waals surface area contributed by atoms with Crippen molar-refractivity contribution < 1.29 is 4.74 Å². The summed E-state index contributed by atoms with van der Waals surface area (Å²) in [7, 11) is 0. The van der Waals surface area contributed by atoms with Crippen molar-refractivity contribution in [1.82, 2.24) is 9.27 Å².